The van der Waals surface area contributed by atoms with Crippen LogP contribution in [0.3, 0.4) is 0 Å². The van der Waals surface area contributed by atoms with Crippen molar-refractivity contribution < 1.29 is 13.2 Å². The largest absolute Gasteiger partial charge is 0.292 e. The standard InChI is InChI=1S/C22H23N3O3S/c1-18-10-12-20(13-11-18)29(27,28)24-16-14-22(26)25(21-9-5-6-15-23-21)17-19-7-3-2-4-8-19/h2-13,15,24H,14,16-17H2,1H3. The van der Waals surface area contributed by atoms with Crippen LogP contribution >= 0.6 is 0 Å². The third kappa shape index (κ3) is 5.73. The van der Waals surface area contributed by atoms with Crippen LogP contribution in [0.4, 0.5) is 5.82 Å². The second-order valence-corrected chi connectivity index (χ2v) is 8.38. The van der Waals surface area contributed by atoms with Gasteiger partial charge in [0.2, 0.25) is 15.9 Å². The number of nitrogens with one attached hydrogen (secondary N) is 1. The summed E-state index contributed by atoms with van der Waals surface area (Å²) in [6.07, 6.45) is 1.65. The summed E-state index contributed by atoms with van der Waals surface area (Å²) in [4.78, 5) is 18.9. The number of amides is 1. The number of hydrogen-bond acceptors (Lipinski definition) is 4. The van der Waals surface area contributed by atoms with Crippen LogP contribution in [0.25, 0.3) is 0 Å². The predicted molar refractivity (Wildman–Crippen MR) is 113 cm³/mol. The normalized spacial score (nSPS) is 11.2. The number of aromatic nitrogens is 1. The third-order valence-electron chi connectivity index (χ3n) is 4.37. The van der Waals surface area contributed by atoms with Crippen LogP contribution in [0.5, 0.6) is 0 Å². The number of anilines is 1. The lowest BCUT2D eigenvalue weighted by atomic mass is 10.2. The van der Waals surface area contributed by atoms with Crippen LogP contribution in [0.1, 0.15) is 17.5 Å². The zero-order valence-electron chi connectivity index (χ0n) is 16.2. The number of nitrogens with zero attached hydrogens (tertiary/aromatic N) is 2. The summed E-state index contributed by atoms with van der Waals surface area (Å²) in [7, 11) is -3.66. The Morgan fingerprint density at radius 1 is 0.966 bits per heavy atom. The van der Waals surface area contributed by atoms with Crippen molar-refractivity contribution in [2.24, 2.45) is 0 Å². The lowest BCUT2D eigenvalue weighted by Crippen LogP contribution is -2.34. The Bertz CT molecular complexity index is 1040. The van der Waals surface area contributed by atoms with Gasteiger partial charge in [0.1, 0.15) is 5.82 Å². The maximum absolute atomic E-state index is 12.9. The van der Waals surface area contributed by atoms with Gasteiger partial charge in [-0.05, 0) is 36.8 Å². The molecule has 0 atom stereocenters. The maximum atomic E-state index is 12.9. The molecular formula is C22H23N3O3S. The first-order chi connectivity index (χ1) is 14.0. The SMILES string of the molecule is Cc1ccc(S(=O)(=O)NCCC(=O)N(Cc2ccccc2)c2ccccn2)cc1. The van der Waals surface area contributed by atoms with Gasteiger partial charge in [-0.1, -0.05) is 54.1 Å². The first kappa shape index (κ1) is 20.7. The van der Waals surface area contributed by atoms with Gasteiger partial charge in [0, 0.05) is 19.2 Å². The molecule has 0 unspecified atom stereocenters. The number of pyridine rings is 1. The zero-order valence-corrected chi connectivity index (χ0v) is 17.0. The summed E-state index contributed by atoms with van der Waals surface area (Å²) in [6.45, 7) is 2.26. The molecule has 1 amide bonds. The molecule has 0 spiro atoms. The Morgan fingerprint density at radius 2 is 1.66 bits per heavy atom. The van der Waals surface area contributed by atoms with Crippen LogP contribution in [-0.4, -0.2) is 25.9 Å². The highest BCUT2D eigenvalue weighted by Gasteiger charge is 2.19. The molecule has 3 aromatic rings. The lowest BCUT2D eigenvalue weighted by Gasteiger charge is -2.22. The van der Waals surface area contributed by atoms with Crippen LogP contribution in [0.2, 0.25) is 0 Å². The number of hydrogen-bond donors (Lipinski definition) is 1. The minimum Gasteiger partial charge on any atom is -0.292 e. The molecule has 0 radical (unpaired) electrons. The van der Waals surface area contributed by atoms with Gasteiger partial charge in [-0.25, -0.2) is 18.1 Å². The Hall–Kier alpha value is -3.03. The van der Waals surface area contributed by atoms with E-state index in [1.165, 1.54) is 0 Å². The molecule has 2 aromatic carbocycles. The summed E-state index contributed by atoms with van der Waals surface area (Å²) in [5, 5.41) is 0. The van der Waals surface area contributed by atoms with Gasteiger partial charge in [-0.2, -0.15) is 0 Å². The number of sulfonamides is 1. The van der Waals surface area contributed by atoms with Crippen molar-refractivity contribution in [2.45, 2.75) is 24.8 Å². The number of rotatable bonds is 8. The van der Waals surface area contributed by atoms with E-state index >= 15 is 0 Å². The number of benzene rings is 2. The average Bonchev–Trinajstić information content (AvgIpc) is 2.73. The second-order valence-electron chi connectivity index (χ2n) is 6.61. The van der Waals surface area contributed by atoms with Crippen molar-refractivity contribution in [3.8, 4) is 0 Å². The van der Waals surface area contributed by atoms with E-state index in [4.69, 9.17) is 0 Å². The molecule has 0 bridgehead atoms. The van der Waals surface area contributed by atoms with Crippen molar-refractivity contribution in [1.29, 1.82) is 0 Å². The topological polar surface area (TPSA) is 79.4 Å². The van der Waals surface area contributed by atoms with Crippen molar-refractivity contribution in [3.05, 3.63) is 90.1 Å². The highest BCUT2D eigenvalue weighted by atomic mass is 32.2. The molecule has 0 aliphatic heterocycles. The molecule has 1 aromatic heterocycles. The van der Waals surface area contributed by atoms with Gasteiger partial charge in [0.15, 0.2) is 0 Å². The van der Waals surface area contributed by atoms with Crippen molar-refractivity contribution in [2.75, 3.05) is 11.4 Å². The molecule has 0 fully saturated rings. The fraction of sp³-hybridized carbons (Fsp3) is 0.182. The molecule has 7 heteroatoms. The molecule has 1 heterocycles. The van der Waals surface area contributed by atoms with Crippen molar-refractivity contribution in [1.82, 2.24) is 9.71 Å². The number of carbonyl (C=O) groups is 1. The minimum atomic E-state index is -3.66. The Balaban J connectivity index is 1.67. The molecule has 29 heavy (non-hydrogen) atoms. The predicted octanol–water partition coefficient (Wildman–Crippen LogP) is 3.29. The minimum absolute atomic E-state index is 0.00711. The number of carbonyl (C=O) groups excluding carboxylic acids is 1. The van der Waals surface area contributed by atoms with E-state index < -0.39 is 10.0 Å². The third-order valence-corrected chi connectivity index (χ3v) is 5.85. The quantitative estimate of drug-likeness (QED) is 0.619. The van der Waals surface area contributed by atoms with Gasteiger partial charge < -0.3 is 0 Å². The first-order valence-corrected chi connectivity index (χ1v) is 10.8. The number of aryl methyl sites for hydroxylation is 1. The molecule has 0 aliphatic rings. The summed E-state index contributed by atoms with van der Waals surface area (Å²) in [6, 6.07) is 21.5. The van der Waals surface area contributed by atoms with Gasteiger partial charge in [0.25, 0.3) is 0 Å². The summed E-state index contributed by atoms with van der Waals surface area (Å²) in [5.74, 6) is 0.321. The monoisotopic (exact) mass is 409 g/mol. The van der Waals surface area contributed by atoms with Gasteiger partial charge >= 0.3 is 0 Å². The fourth-order valence-electron chi connectivity index (χ4n) is 2.80. The molecule has 0 aliphatic carbocycles. The summed E-state index contributed by atoms with van der Waals surface area (Å²) in [5.41, 5.74) is 1.94. The smallest absolute Gasteiger partial charge is 0.240 e. The molecule has 6 nitrogen and oxygen atoms in total. The molecule has 0 saturated heterocycles. The van der Waals surface area contributed by atoms with Crippen LogP contribution in [-0.2, 0) is 21.4 Å². The lowest BCUT2D eigenvalue weighted by molar-refractivity contribution is -0.118. The van der Waals surface area contributed by atoms with Gasteiger partial charge in [-0.3, -0.25) is 9.69 Å². The van der Waals surface area contributed by atoms with E-state index in [-0.39, 0.29) is 23.8 Å². The molecular weight excluding hydrogens is 386 g/mol. The Labute approximate surface area is 171 Å². The Morgan fingerprint density at radius 3 is 2.31 bits per heavy atom. The van der Waals surface area contributed by atoms with E-state index in [0.29, 0.717) is 12.4 Å². The van der Waals surface area contributed by atoms with Gasteiger partial charge in [0.05, 0.1) is 11.4 Å². The summed E-state index contributed by atoms with van der Waals surface area (Å²) >= 11 is 0. The van der Waals surface area contributed by atoms with Crippen molar-refractivity contribution in [3.63, 3.8) is 0 Å². The van der Waals surface area contributed by atoms with Gasteiger partial charge in [-0.15, -0.1) is 0 Å². The van der Waals surface area contributed by atoms with Crippen LogP contribution < -0.4 is 9.62 Å². The first-order valence-electron chi connectivity index (χ1n) is 9.27. The van der Waals surface area contributed by atoms with E-state index in [9.17, 15) is 13.2 Å². The highest BCUT2D eigenvalue weighted by molar-refractivity contribution is 7.89. The second kappa shape index (κ2) is 9.45. The maximum Gasteiger partial charge on any atom is 0.240 e. The van der Waals surface area contributed by atoms with Crippen LogP contribution in [0.15, 0.2) is 83.9 Å². The molecule has 1 N–H and O–H groups in total. The van der Waals surface area contributed by atoms with E-state index in [2.05, 4.69) is 9.71 Å². The van der Waals surface area contributed by atoms with Crippen molar-refractivity contribution >= 4 is 21.7 Å². The van der Waals surface area contributed by atoms with Crippen LogP contribution in [0, 0.1) is 6.92 Å². The van der Waals surface area contributed by atoms with E-state index in [1.807, 2.05) is 43.3 Å². The van der Waals surface area contributed by atoms with E-state index in [0.717, 1.165) is 11.1 Å². The molecule has 0 saturated carbocycles. The highest BCUT2D eigenvalue weighted by Crippen LogP contribution is 2.16. The molecule has 3 rings (SSSR count). The Kier molecular flexibility index (Phi) is 6.74. The average molecular weight is 410 g/mol. The van der Waals surface area contributed by atoms with E-state index in [1.54, 1.807) is 47.5 Å². The summed E-state index contributed by atoms with van der Waals surface area (Å²) < 4.78 is 27.3. The fourth-order valence-corrected chi connectivity index (χ4v) is 3.84. The molecule has 150 valence electrons. The zero-order chi connectivity index (χ0) is 20.7.